The topological polar surface area (TPSA) is 79.5 Å². The second-order valence-electron chi connectivity index (χ2n) is 7.02. The lowest BCUT2D eigenvalue weighted by atomic mass is 9.95. The van der Waals surface area contributed by atoms with Crippen molar-refractivity contribution in [3.63, 3.8) is 0 Å². The van der Waals surface area contributed by atoms with Crippen molar-refractivity contribution >= 4 is 23.2 Å². The van der Waals surface area contributed by atoms with Gasteiger partial charge in [-0.15, -0.1) is 0 Å². The first-order valence-corrected chi connectivity index (χ1v) is 9.73. The number of rotatable bonds is 7. The summed E-state index contributed by atoms with van der Waals surface area (Å²) in [5.74, 6) is 0.495. The van der Waals surface area contributed by atoms with E-state index in [0.29, 0.717) is 23.0 Å². The van der Waals surface area contributed by atoms with Gasteiger partial charge in [0.1, 0.15) is 5.75 Å². The molecule has 0 unspecified atom stereocenters. The third kappa shape index (κ3) is 5.74. The smallest absolute Gasteiger partial charge is 0.251 e. The van der Waals surface area contributed by atoms with Crippen molar-refractivity contribution in [2.45, 2.75) is 38.1 Å². The molecule has 0 saturated heterocycles. The lowest BCUT2D eigenvalue weighted by Gasteiger charge is -2.22. The van der Waals surface area contributed by atoms with Crippen molar-refractivity contribution in [2.24, 2.45) is 0 Å². The van der Waals surface area contributed by atoms with E-state index in [2.05, 4.69) is 16.0 Å². The summed E-state index contributed by atoms with van der Waals surface area (Å²) in [7, 11) is 1.58. The third-order valence-corrected chi connectivity index (χ3v) is 4.89. The molecule has 2 aromatic carbocycles. The number of amides is 2. The van der Waals surface area contributed by atoms with Gasteiger partial charge in [0.25, 0.3) is 5.91 Å². The fourth-order valence-corrected chi connectivity index (χ4v) is 3.34. The Bertz CT molecular complexity index is 799. The summed E-state index contributed by atoms with van der Waals surface area (Å²) < 4.78 is 5.14. The number of anilines is 2. The molecule has 0 aliphatic heterocycles. The van der Waals surface area contributed by atoms with E-state index in [4.69, 9.17) is 4.74 Å². The van der Waals surface area contributed by atoms with Crippen LogP contribution in [-0.4, -0.2) is 31.5 Å². The van der Waals surface area contributed by atoms with Gasteiger partial charge in [-0.1, -0.05) is 25.3 Å². The highest BCUT2D eigenvalue weighted by molar-refractivity contribution is 5.95. The summed E-state index contributed by atoms with van der Waals surface area (Å²) in [6, 6.07) is 14.7. The Morgan fingerprint density at radius 2 is 1.75 bits per heavy atom. The van der Waals surface area contributed by atoms with Crippen molar-refractivity contribution in [1.82, 2.24) is 5.32 Å². The third-order valence-electron chi connectivity index (χ3n) is 4.89. The first kappa shape index (κ1) is 19.7. The first-order valence-electron chi connectivity index (χ1n) is 9.73. The minimum Gasteiger partial charge on any atom is -0.497 e. The molecule has 0 atom stereocenters. The Kier molecular flexibility index (Phi) is 6.89. The van der Waals surface area contributed by atoms with Crippen molar-refractivity contribution < 1.29 is 14.3 Å². The molecule has 3 N–H and O–H groups in total. The first-order chi connectivity index (χ1) is 13.6. The maximum Gasteiger partial charge on any atom is 0.251 e. The van der Waals surface area contributed by atoms with Crippen LogP contribution in [0.3, 0.4) is 0 Å². The van der Waals surface area contributed by atoms with Gasteiger partial charge in [0, 0.05) is 29.0 Å². The van der Waals surface area contributed by atoms with E-state index < -0.39 is 0 Å². The number of benzene rings is 2. The number of carbonyl (C=O) groups is 2. The molecule has 0 aromatic heterocycles. The second kappa shape index (κ2) is 9.78. The zero-order chi connectivity index (χ0) is 19.8. The van der Waals surface area contributed by atoms with E-state index in [0.717, 1.165) is 18.5 Å². The van der Waals surface area contributed by atoms with Gasteiger partial charge in [0.05, 0.1) is 13.7 Å². The van der Waals surface area contributed by atoms with E-state index in [1.165, 1.54) is 19.3 Å². The molecule has 28 heavy (non-hydrogen) atoms. The van der Waals surface area contributed by atoms with Gasteiger partial charge in [-0.25, -0.2) is 0 Å². The lowest BCUT2D eigenvalue weighted by molar-refractivity contribution is -0.114. The van der Waals surface area contributed by atoms with Crippen LogP contribution in [0.15, 0.2) is 48.5 Å². The predicted molar refractivity (Wildman–Crippen MR) is 111 cm³/mol. The van der Waals surface area contributed by atoms with Crippen molar-refractivity contribution in [2.75, 3.05) is 24.3 Å². The zero-order valence-electron chi connectivity index (χ0n) is 16.2. The SMILES string of the molecule is COc1cccc(NC(=O)CNc2ccc(C(=O)NC3CCCCC3)cc2)c1. The summed E-state index contributed by atoms with van der Waals surface area (Å²) >= 11 is 0. The van der Waals surface area contributed by atoms with Crippen molar-refractivity contribution in [3.8, 4) is 5.75 Å². The molecule has 1 fully saturated rings. The summed E-state index contributed by atoms with van der Waals surface area (Å²) in [6.45, 7) is 0.130. The predicted octanol–water partition coefficient (Wildman–Crippen LogP) is 3.81. The van der Waals surface area contributed by atoms with Crippen molar-refractivity contribution in [3.05, 3.63) is 54.1 Å². The van der Waals surface area contributed by atoms with E-state index in [9.17, 15) is 9.59 Å². The molecule has 3 rings (SSSR count). The van der Waals surface area contributed by atoms with Crippen LogP contribution < -0.4 is 20.7 Å². The summed E-state index contributed by atoms with van der Waals surface area (Å²) in [5, 5.41) is 8.99. The quantitative estimate of drug-likeness (QED) is 0.681. The monoisotopic (exact) mass is 381 g/mol. The van der Waals surface area contributed by atoms with Crippen molar-refractivity contribution in [1.29, 1.82) is 0 Å². The molecule has 0 bridgehead atoms. The molecule has 1 aliphatic carbocycles. The molecule has 6 nitrogen and oxygen atoms in total. The fraction of sp³-hybridized carbons (Fsp3) is 0.364. The van der Waals surface area contributed by atoms with Crippen LogP contribution in [0.1, 0.15) is 42.5 Å². The minimum absolute atomic E-state index is 0.0331. The molecule has 1 saturated carbocycles. The molecule has 148 valence electrons. The van der Waals surface area contributed by atoms with Gasteiger partial charge in [0.2, 0.25) is 5.91 Å². The molecule has 0 spiro atoms. The molecule has 6 heteroatoms. The summed E-state index contributed by atoms with van der Waals surface area (Å²) in [5.41, 5.74) is 2.10. The maximum absolute atomic E-state index is 12.3. The average molecular weight is 381 g/mol. The number of hydrogen-bond acceptors (Lipinski definition) is 4. The highest BCUT2D eigenvalue weighted by atomic mass is 16.5. The standard InChI is InChI=1S/C22H27N3O3/c1-28-20-9-5-8-19(14-20)24-21(26)15-23-17-12-10-16(11-13-17)22(27)25-18-6-3-2-4-7-18/h5,8-14,18,23H,2-4,6-7,15H2,1H3,(H,24,26)(H,25,27). The molecule has 1 aliphatic rings. The molecule has 0 heterocycles. The number of carbonyl (C=O) groups excluding carboxylic acids is 2. The molecule has 2 amide bonds. The zero-order valence-corrected chi connectivity index (χ0v) is 16.2. The number of nitrogens with one attached hydrogen (secondary N) is 3. The Labute approximate surface area is 165 Å². The summed E-state index contributed by atoms with van der Waals surface area (Å²) in [6.07, 6.45) is 5.76. The Hall–Kier alpha value is -3.02. The Morgan fingerprint density at radius 3 is 2.46 bits per heavy atom. The number of methoxy groups -OCH3 is 1. The van der Waals surface area contributed by atoms with E-state index in [1.807, 2.05) is 24.3 Å². The largest absolute Gasteiger partial charge is 0.497 e. The van der Waals surface area contributed by atoms with Crippen LogP contribution in [0.2, 0.25) is 0 Å². The van der Waals surface area contributed by atoms with Crippen LogP contribution in [0.5, 0.6) is 5.75 Å². The highest BCUT2D eigenvalue weighted by Gasteiger charge is 2.16. The normalized spacial score (nSPS) is 14.2. The van der Waals surface area contributed by atoms with Crippen LogP contribution in [-0.2, 0) is 4.79 Å². The Morgan fingerprint density at radius 1 is 1.00 bits per heavy atom. The molecule has 2 aromatic rings. The lowest BCUT2D eigenvalue weighted by Crippen LogP contribution is -2.36. The average Bonchev–Trinajstić information content (AvgIpc) is 2.73. The minimum atomic E-state index is -0.160. The fourth-order valence-electron chi connectivity index (χ4n) is 3.34. The number of ether oxygens (including phenoxy) is 1. The van der Waals surface area contributed by atoms with Gasteiger partial charge < -0.3 is 20.7 Å². The van der Waals surface area contributed by atoms with Crippen LogP contribution in [0, 0.1) is 0 Å². The van der Waals surface area contributed by atoms with Gasteiger partial charge in [0.15, 0.2) is 0 Å². The molecular weight excluding hydrogens is 354 g/mol. The van der Waals surface area contributed by atoms with E-state index >= 15 is 0 Å². The van der Waals surface area contributed by atoms with Crippen LogP contribution in [0.25, 0.3) is 0 Å². The Balaban J connectivity index is 1.47. The van der Waals surface area contributed by atoms with E-state index in [1.54, 1.807) is 31.4 Å². The molecule has 0 radical (unpaired) electrons. The van der Waals surface area contributed by atoms with Gasteiger partial charge in [-0.2, -0.15) is 0 Å². The maximum atomic E-state index is 12.3. The van der Waals surface area contributed by atoms with Gasteiger partial charge in [-0.05, 0) is 49.2 Å². The van der Waals surface area contributed by atoms with E-state index in [-0.39, 0.29) is 18.4 Å². The van der Waals surface area contributed by atoms with Gasteiger partial charge >= 0.3 is 0 Å². The second-order valence-corrected chi connectivity index (χ2v) is 7.02. The molecular formula is C22H27N3O3. The number of hydrogen-bond donors (Lipinski definition) is 3. The summed E-state index contributed by atoms with van der Waals surface area (Å²) in [4.78, 5) is 24.4. The van der Waals surface area contributed by atoms with Crippen LogP contribution in [0.4, 0.5) is 11.4 Å². The van der Waals surface area contributed by atoms with Gasteiger partial charge in [-0.3, -0.25) is 9.59 Å². The highest BCUT2D eigenvalue weighted by Crippen LogP contribution is 2.19. The van der Waals surface area contributed by atoms with Crippen LogP contribution >= 0.6 is 0 Å².